The maximum absolute atomic E-state index is 12.4. The standard InChI is InChI=1S/C21H26BrN3O3/c1-4-28-19(26)12-23-21(27)15-7-9-25(10-8-15)20-13(2)14(3)24-18-6-5-16(22)11-17(18)20/h5-6,11,15H,4,7-10,12H2,1-3H3,(H,23,27). The van der Waals surface area contributed by atoms with E-state index in [1.807, 2.05) is 19.1 Å². The van der Waals surface area contributed by atoms with Crippen LogP contribution in [0.25, 0.3) is 10.9 Å². The molecular formula is C21H26BrN3O3. The molecule has 1 aliphatic rings. The quantitative estimate of drug-likeness (QED) is 0.709. The summed E-state index contributed by atoms with van der Waals surface area (Å²) in [6.45, 7) is 7.75. The van der Waals surface area contributed by atoms with Crippen LogP contribution >= 0.6 is 15.9 Å². The van der Waals surface area contributed by atoms with E-state index in [0.29, 0.717) is 6.61 Å². The van der Waals surface area contributed by atoms with Gasteiger partial charge in [-0.25, -0.2) is 0 Å². The fraction of sp³-hybridized carbons (Fsp3) is 0.476. The molecule has 0 radical (unpaired) electrons. The van der Waals surface area contributed by atoms with Crippen molar-refractivity contribution in [2.24, 2.45) is 5.92 Å². The second kappa shape index (κ2) is 8.90. The lowest BCUT2D eigenvalue weighted by molar-refractivity contribution is -0.143. The number of piperidine rings is 1. The van der Waals surface area contributed by atoms with Crippen LogP contribution in [-0.4, -0.2) is 43.1 Å². The molecule has 28 heavy (non-hydrogen) atoms. The number of benzene rings is 1. The number of anilines is 1. The van der Waals surface area contributed by atoms with E-state index in [0.717, 1.165) is 47.0 Å². The molecule has 150 valence electrons. The topological polar surface area (TPSA) is 71.5 Å². The molecular weight excluding hydrogens is 422 g/mol. The third-order valence-corrected chi connectivity index (χ3v) is 5.79. The first kappa shape index (κ1) is 20.6. The van der Waals surface area contributed by atoms with Gasteiger partial charge in [-0.2, -0.15) is 0 Å². The molecule has 0 saturated carbocycles. The van der Waals surface area contributed by atoms with E-state index in [4.69, 9.17) is 9.72 Å². The maximum Gasteiger partial charge on any atom is 0.325 e. The molecule has 1 amide bonds. The number of fused-ring (bicyclic) bond motifs is 1. The molecule has 1 aromatic heterocycles. The van der Waals surface area contributed by atoms with Crippen molar-refractivity contribution in [1.29, 1.82) is 0 Å². The van der Waals surface area contributed by atoms with Gasteiger partial charge in [0.2, 0.25) is 5.91 Å². The molecule has 6 nitrogen and oxygen atoms in total. The summed E-state index contributed by atoms with van der Waals surface area (Å²) in [7, 11) is 0. The van der Waals surface area contributed by atoms with Gasteiger partial charge in [-0.3, -0.25) is 14.6 Å². The van der Waals surface area contributed by atoms with Crippen LogP contribution in [0.3, 0.4) is 0 Å². The molecule has 1 aromatic carbocycles. The number of rotatable bonds is 5. The molecule has 1 N–H and O–H groups in total. The van der Waals surface area contributed by atoms with Gasteiger partial charge in [0.1, 0.15) is 6.54 Å². The van der Waals surface area contributed by atoms with Crippen molar-refractivity contribution in [3.8, 4) is 0 Å². The van der Waals surface area contributed by atoms with Crippen molar-refractivity contribution in [1.82, 2.24) is 10.3 Å². The molecule has 2 heterocycles. The number of aromatic nitrogens is 1. The van der Waals surface area contributed by atoms with Crippen LogP contribution in [0, 0.1) is 19.8 Å². The average molecular weight is 448 g/mol. The minimum absolute atomic E-state index is 0.0613. The summed E-state index contributed by atoms with van der Waals surface area (Å²) in [5.41, 5.74) is 4.39. The van der Waals surface area contributed by atoms with E-state index in [1.165, 1.54) is 11.3 Å². The Morgan fingerprint density at radius 1 is 1.29 bits per heavy atom. The Hall–Kier alpha value is -2.15. The minimum Gasteiger partial charge on any atom is -0.465 e. The second-order valence-corrected chi connectivity index (χ2v) is 8.03. The normalized spacial score (nSPS) is 14.9. The largest absolute Gasteiger partial charge is 0.465 e. The molecule has 2 aromatic rings. The molecule has 0 aliphatic carbocycles. The zero-order valence-electron chi connectivity index (χ0n) is 16.5. The van der Waals surface area contributed by atoms with Gasteiger partial charge in [-0.15, -0.1) is 0 Å². The van der Waals surface area contributed by atoms with Crippen LogP contribution < -0.4 is 10.2 Å². The van der Waals surface area contributed by atoms with Gasteiger partial charge in [-0.05, 0) is 57.4 Å². The molecule has 1 fully saturated rings. The van der Waals surface area contributed by atoms with Gasteiger partial charge in [0, 0.05) is 34.6 Å². The number of halogens is 1. The van der Waals surface area contributed by atoms with Crippen molar-refractivity contribution < 1.29 is 14.3 Å². The van der Waals surface area contributed by atoms with Crippen molar-refractivity contribution >= 4 is 44.4 Å². The summed E-state index contributed by atoms with van der Waals surface area (Å²) in [5, 5.41) is 3.83. The summed E-state index contributed by atoms with van der Waals surface area (Å²) in [6, 6.07) is 6.15. The van der Waals surface area contributed by atoms with E-state index in [1.54, 1.807) is 6.92 Å². The number of aryl methyl sites for hydroxylation is 1. The SMILES string of the molecule is CCOC(=O)CNC(=O)C1CCN(c2c(C)c(C)nc3ccc(Br)cc23)CC1. The van der Waals surface area contributed by atoms with Gasteiger partial charge >= 0.3 is 5.97 Å². The molecule has 0 atom stereocenters. The number of nitrogens with zero attached hydrogens (tertiary/aromatic N) is 2. The first-order chi connectivity index (χ1) is 13.4. The van der Waals surface area contributed by atoms with Gasteiger partial charge < -0.3 is 15.0 Å². The van der Waals surface area contributed by atoms with Crippen molar-refractivity contribution in [3.05, 3.63) is 33.9 Å². The highest BCUT2D eigenvalue weighted by Gasteiger charge is 2.27. The number of carbonyl (C=O) groups excluding carboxylic acids is 2. The second-order valence-electron chi connectivity index (χ2n) is 7.12. The van der Waals surface area contributed by atoms with E-state index in [2.05, 4.69) is 39.1 Å². The first-order valence-corrected chi connectivity index (χ1v) is 10.4. The third-order valence-electron chi connectivity index (χ3n) is 5.29. The van der Waals surface area contributed by atoms with E-state index in [-0.39, 0.29) is 18.4 Å². The summed E-state index contributed by atoms with van der Waals surface area (Å²) < 4.78 is 5.89. The van der Waals surface area contributed by atoms with Crippen molar-refractivity contribution in [3.63, 3.8) is 0 Å². The summed E-state index contributed by atoms with van der Waals surface area (Å²) in [6.07, 6.45) is 1.51. The Bertz CT molecular complexity index is 892. The molecule has 0 spiro atoms. The fourth-order valence-electron chi connectivity index (χ4n) is 3.72. The van der Waals surface area contributed by atoms with E-state index in [9.17, 15) is 9.59 Å². The van der Waals surface area contributed by atoms with Gasteiger partial charge in [0.05, 0.1) is 17.8 Å². The third kappa shape index (κ3) is 4.46. The molecule has 3 rings (SSSR count). The van der Waals surface area contributed by atoms with Crippen LogP contribution in [0.2, 0.25) is 0 Å². The smallest absolute Gasteiger partial charge is 0.325 e. The molecule has 7 heteroatoms. The monoisotopic (exact) mass is 447 g/mol. The Kier molecular flexibility index (Phi) is 6.54. The van der Waals surface area contributed by atoms with Crippen LogP contribution in [0.5, 0.6) is 0 Å². The maximum atomic E-state index is 12.4. The highest BCUT2D eigenvalue weighted by atomic mass is 79.9. The van der Waals surface area contributed by atoms with Gasteiger partial charge in [0.15, 0.2) is 0 Å². The Morgan fingerprint density at radius 3 is 2.68 bits per heavy atom. The average Bonchev–Trinajstić information content (AvgIpc) is 2.68. The highest BCUT2D eigenvalue weighted by Crippen LogP contribution is 2.35. The van der Waals surface area contributed by atoms with Gasteiger partial charge in [-0.1, -0.05) is 15.9 Å². The lowest BCUT2D eigenvalue weighted by Gasteiger charge is -2.35. The summed E-state index contributed by atoms with van der Waals surface area (Å²) >= 11 is 3.57. The highest BCUT2D eigenvalue weighted by molar-refractivity contribution is 9.10. The summed E-state index contributed by atoms with van der Waals surface area (Å²) in [4.78, 5) is 30.9. The Labute approximate surface area is 173 Å². The Balaban J connectivity index is 1.71. The summed E-state index contributed by atoms with van der Waals surface area (Å²) in [5.74, 6) is -0.539. The number of pyridine rings is 1. The molecule has 0 bridgehead atoms. The van der Waals surface area contributed by atoms with Crippen LogP contribution in [-0.2, 0) is 14.3 Å². The van der Waals surface area contributed by atoms with Crippen LogP contribution in [0.1, 0.15) is 31.0 Å². The van der Waals surface area contributed by atoms with E-state index >= 15 is 0 Å². The molecule has 1 saturated heterocycles. The Morgan fingerprint density at radius 2 is 2.00 bits per heavy atom. The predicted molar refractivity (Wildman–Crippen MR) is 113 cm³/mol. The first-order valence-electron chi connectivity index (χ1n) is 9.65. The molecule has 0 unspecified atom stereocenters. The van der Waals surface area contributed by atoms with Crippen molar-refractivity contribution in [2.45, 2.75) is 33.6 Å². The number of nitrogens with one attached hydrogen (secondary N) is 1. The van der Waals surface area contributed by atoms with Crippen LogP contribution in [0.4, 0.5) is 5.69 Å². The van der Waals surface area contributed by atoms with Crippen molar-refractivity contribution in [2.75, 3.05) is 31.1 Å². The molecule has 1 aliphatic heterocycles. The zero-order valence-corrected chi connectivity index (χ0v) is 18.1. The van der Waals surface area contributed by atoms with Crippen LogP contribution in [0.15, 0.2) is 22.7 Å². The fourth-order valence-corrected chi connectivity index (χ4v) is 4.08. The van der Waals surface area contributed by atoms with Gasteiger partial charge in [0.25, 0.3) is 0 Å². The minimum atomic E-state index is -0.395. The van der Waals surface area contributed by atoms with E-state index < -0.39 is 5.97 Å². The number of hydrogen-bond donors (Lipinski definition) is 1. The predicted octanol–water partition coefficient (Wildman–Crippen LogP) is 3.51. The number of carbonyl (C=O) groups is 2. The zero-order chi connectivity index (χ0) is 20.3. The lowest BCUT2D eigenvalue weighted by atomic mass is 9.94. The number of hydrogen-bond acceptors (Lipinski definition) is 5. The number of esters is 1. The number of amides is 1. The lowest BCUT2D eigenvalue weighted by Crippen LogP contribution is -2.42. The number of ether oxygens (including phenoxy) is 1.